The van der Waals surface area contributed by atoms with E-state index in [1.54, 1.807) is 0 Å². The first-order valence-corrected chi connectivity index (χ1v) is 30.1. The van der Waals surface area contributed by atoms with Crippen molar-refractivity contribution in [2.75, 3.05) is 13.2 Å². The quantitative estimate of drug-likeness (QED) is 0.0386. The van der Waals surface area contributed by atoms with Crippen molar-refractivity contribution in [1.82, 2.24) is 0 Å². The third kappa shape index (κ3) is 10.8. The molecule has 5 aliphatic heterocycles. The van der Waals surface area contributed by atoms with E-state index in [-0.39, 0.29) is 24.2 Å². The van der Waals surface area contributed by atoms with Crippen LogP contribution in [-0.2, 0) is 66.5 Å². The van der Waals surface area contributed by atoms with Gasteiger partial charge in [-0.3, -0.25) is 14.4 Å². The highest BCUT2D eigenvalue weighted by Crippen LogP contribution is 2.76. The summed E-state index contributed by atoms with van der Waals surface area (Å²) in [6.07, 6.45) is -35.5. The molecule has 10 rings (SSSR count). The van der Waals surface area contributed by atoms with E-state index in [0.717, 1.165) is 5.57 Å². The number of carbonyl (C=O) groups excluding carboxylic acids is 2. The zero-order valence-electron chi connectivity index (χ0n) is 49.6. The Morgan fingerprint density at radius 2 is 1.09 bits per heavy atom. The number of esters is 1. The molecule has 5 saturated heterocycles. The number of hydrogen-bond acceptors (Lipinski definition) is 27. The molecule has 5 aliphatic carbocycles. The Bertz CT molecular complexity index is 2490. The first-order chi connectivity index (χ1) is 40.2. The van der Waals surface area contributed by atoms with Crippen LogP contribution < -0.4 is 0 Å². The van der Waals surface area contributed by atoms with Crippen molar-refractivity contribution in [2.24, 2.45) is 50.2 Å². The first-order valence-electron chi connectivity index (χ1n) is 30.1. The van der Waals surface area contributed by atoms with Crippen molar-refractivity contribution < 1.29 is 138 Å². The summed E-state index contributed by atoms with van der Waals surface area (Å²) < 4.78 is 63.8. The number of carboxylic acids is 1. The van der Waals surface area contributed by atoms with Gasteiger partial charge in [-0.1, -0.05) is 46.3 Å². The average molecular weight is 1240 g/mol. The fraction of sp³-hybridized carbons (Fsp3) is 0.914. The van der Waals surface area contributed by atoms with Crippen LogP contribution in [0.1, 0.15) is 113 Å². The third-order valence-electron chi connectivity index (χ3n) is 22.6. The summed E-state index contributed by atoms with van der Waals surface area (Å²) in [5.74, 6) is -3.28. The van der Waals surface area contributed by atoms with E-state index in [2.05, 4.69) is 33.8 Å². The summed E-state index contributed by atoms with van der Waals surface area (Å²) in [7, 11) is 0. The summed E-state index contributed by atoms with van der Waals surface area (Å²) in [5, 5.41) is 154. The minimum absolute atomic E-state index is 0.0223. The monoisotopic (exact) mass is 1230 g/mol. The molecule has 14 N–H and O–H groups in total. The highest BCUT2D eigenvalue weighted by molar-refractivity contribution is 5.79. The summed E-state index contributed by atoms with van der Waals surface area (Å²) in [4.78, 5) is 41.1. The molecule has 0 radical (unpaired) electrons. The van der Waals surface area contributed by atoms with Gasteiger partial charge in [0, 0.05) is 0 Å². The van der Waals surface area contributed by atoms with Crippen LogP contribution in [0.15, 0.2) is 11.6 Å². The van der Waals surface area contributed by atoms with Gasteiger partial charge in [0.1, 0.15) is 91.6 Å². The van der Waals surface area contributed by atoms with Crippen LogP contribution in [-0.4, -0.2) is 257 Å². The van der Waals surface area contributed by atoms with Crippen LogP contribution in [0.3, 0.4) is 0 Å². The third-order valence-corrected chi connectivity index (χ3v) is 22.6. The molecule has 0 aromatic carbocycles. The van der Waals surface area contributed by atoms with Crippen molar-refractivity contribution in [3.8, 4) is 0 Å². The normalized spacial score (nSPS) is 54.6. The van der Waals surface area contributed by atoms with Crippen molar-refractivity contribution >= 4 is 18.4 Å². The standard InChI is InChI=1S/C58H90O28/c1-22-31(63)34(66)43(83-48-38(70)35(67)41(23(2)80-48)81-45-36(68)32(64)27(61)19-76-45)50(79-22)86-52(75)58-15-13-53(3,4)17-25(58)24-9-10-29-54(5)18-26(60)44(57(8,51(73)74)30(54)11-12-56(29,7)55(24,6)14-16-58)84-49-40(72)42(39(71)47(85-49)78-21-59)82-46-37(69)33(65)28(62)20-77-46/h9,21-23,25-50,60-72H,10-20H2,1-8H3,(H,73,74)/t22?,23?,25-,26-,27+,28+,29+,30+,31-,32-,33-,34?,35+,36?,37?,38?,39-,40?,41-,42-,43+,44-,45-,46-,47?,48-,49+,50-,54+,55+,56+,57-,58-/m0/s1. The Hall–Kier alpha value is -2.73. The second kappa shape index (κ2) is 24.1. The lowest BCUT2D eigenvalue weighted by molar-refractivity contribution is -0.387. The lowest BCUT2D eigenvalue weighted by atomic mass is 9.33. The SMILES string of the molecule is CC1O[C@@H](OC(=O)[C@]23CCC(C)(C)C[C@H]2C2=CC[C@@H]4[C@@]5(C)C[C@H](O)[C@H](O[C@@H]6OC(OC=O)[C@@H](O)[C@H](O[C@@H]7OC[C@@H](O)[C@H](O)C7O)C6O)[C@@](C)(C(=O)O)[C@@H]5CC[C@@]4(C)[C@]2(C)CC3)[C@H](O[C@@H]2OC(C)[C@H](O[C@@H]3OC[C@@H](O)[C@H](O)C3O)[C@H](O)C2O)C(O)[C@H]1O. The molecule has 4 saturated carbocycles. The molecule has 490 valence electrons. The van der Waals surface area contributed by atoms with Crippen molar-refractivity contribution in [3.63, 3.8) is 0 Å². The molecule has 28 heteroatoms. The molecule has 33 atom stereocenters. The maximum atomic E-state index is 15.5. The number of carbonyl (C=O) groups is 3. The van der Waals surface area contributed by atoms with E-state index < -0.39 is 218 Å². The lowest BCUT2D eigenvalue weighted by Gasteiger charge is -2.71. The van der Waals surface area contributed by atoms with Crippen molar-refractivity contribution in [2.45, 2.75) is 267 Å². The lowest BCUT2D eigenvalue weighted by Crippen LogP contribution is -2.70. The molecule has 0 bridgehead atoms. The number of carboxylic acid groups (broad SMARTS) is 1. The van der Waals surface area contributed by atoms with Gasteiger partial charge in [0.05, 0.1) is 42.4 Å². The Morgan fingerprint density at radius 1 is 0.547 bits per heavy atom. The summed E-state index contributed by atoms with van der Waals surface area (Å²) >= 11 is 0. The molecule has 5 heterocycles. The van der Waals surface area contributed by atoms with E-state index in [9.17, 15) is 81.1 Å². The molecular weight excluding hydrogens is 1140 g/mol. The molecule has 0 amide bonds. The fourth-order valence-electron chi connectivity index (χ4n) is 17.3. The second-order valence-electron chi connectivity index (χ2n) is 28.0. The highest BCUT2D eigenvalue weighted by Gasteiger charge is 2.73. The zero-order valence-corrected chi connectivity index (χ0v) is 49.6. The highest BCUT2D eigenvalue weighted by atomic mass is 16.8. The summed E-state index contributed by atoms with van der Waals surface area (Å²) in [6, 6.07) is 0. The van der Waals surface area contributed by atoms with Gasteiger partial charge in [0.15, 0.2) is 31.3 Å². The molecule has 10 aliphatic rings. The maximum Gasteiger partial charge on any atom is 0.315 e. The predicted octanol–water partition coefficient (Wildman–Crippen LogP) is -2.70. The first kappa shape index (κ1) is 66.2. The largest absolute Gasteiger partial charge is 0.481 e. The Morgan fingerprint density at radius 3 is 1.71 bits per heavy atom. The van der Waals surface area contributed by atoms with Gasteiger partial charge >= 0.3 is 11.9 Å². The van der Waals surface area contributed by atoms with Crippen LogP contribution >= 0.6 is 0 Å². The van der Waals surface area contributed by atoms with Gasteiger partial charge in [-0.25, -0.2) is 0 Å². The Labute approximate surface area is 497 Å². The summed E-state index contributed by atoms with van der Waals surface area (Å²) in [5.41, 5.74) is -4.29. The van der Waals surface area contributed by atoms with Crippen LogP contribution in [0.2, 0.25) is 0 Å². The molecule has 86 heavy (non-hydrogen) atoms. The smallest absolute Gasteiger partial charge is 0.315 e. The zero-order chi connectivity index (χ0) is 62.9. The van der Waals surface area contributed by atoms with E-state index in [4.69, 9.17) is 52.1 Å². The van der Waals surface area contributed by atoms with Crippen LogP contribution in [0.5, 0.6) is 0 Å². The number of aliphatic hydroxyl groups is 13. The average Bonchev–Trinajstić information content (AvgIpc) is 0.680. The van der Waals surface area contributed by atoms with E-state index >= 15 is 4.79 Å². The van der Waals surface area contributed by atoms with Crippen molar-refractivity contribution in [1.29, 1.82) is 0 Å². The van der Waals surface area contributed by atoms with Gasteiger partial charge in [0.25, 0.3) is 6.47 Å². The minimum Gasteiger partial charge on any atom is -0.481 e. The van der Waals surface area contributed by atoms with Crippen molar-refractivity contribution in [3.05, 3.63) is 11.6 Å². The summed E-state index contributed by atoms with van der Waals surface area (Å²) in [6.45, 7) is 14.2. The molecular formula is C58H90O28. The predicted molar refractivity (Wildman–Crippen MR) is 284 cm³/mol. The molecule has 8 unspecified atom stereocenters. The number of ether oxygens (including phenoxy) is 11. The van der Waals surface area contributed by atoms with Gasteiger partial charge in [-0.2, -0.15) is 0 Å². The van der Waals surface area contributed by atoms with Gasteiger partial charge in [0.2, 0.25) is 12.6 Å². The number of allylic oxidation sites excluding steroid dienone is 2. The van der Waals surface area contributed by atoms with Crippen LogP contribution in [0, 0.1) is 50.2 Å². The number of aliphatic carboxylic acids is 1. The van der Waals surface area contributed by atoms with E-state index in [1.807, 2.05) is 6.92 Å². The number of aliphatic hydroxyl groups excluding tert-OH is 13. The number of fused-ring (bicyclic) bond motifs is 7. The molecule has 0 aromatic rings. The topological polar surface area (TPSA) is 436 Å². The fourth-order valence-corrected chi connectivity index (χ4v) is 17.3. The van der Waals surface area contributed by atoms with E-state index in [0.29, 0.717) is 51.4 Å². The molecule has 0 aromatic heterocycles. The molecule has 9 fully saturated rings. The van der Waals surface area contributed by atoms with Crippen LogP contribution in [0.25, 0.3) is 0 Å². The number of rotatable bonds is 13. The number of hydrogen-bond donors (Lipinski definition) is 14. The van der Waals surface area contributed by atoms with Gasteiger partial charge < -0.3 is 124 Å². The van der Waals surface area contributed by atoms with Crippen LogP contribution in [0.4, 0.5) is 0 Å². The Balaban J connectivity index is 0.889. The van der Waals surface area contributed by atoms with E-state index in [1.165, 1.54) is 20.8 Å². The van der Waals surface area contributed by atoms with Gasteiger partial charge in [-0.15, -0.1) is 0 Å². The Kier molecular flexibility index (Phi) is 18.5. The maximum absolute atomic E-state index is 15.5. The molecule has 28 nitrogen and oxygen atoms in total. The molecule has 0 spiro atoms. The van der Waals surface area contributed by atoms with Gasteiger partial charge in [-0.05, 0) is 118 Å². The second-order valence-corrected chi connectivity index (χ2v) is 28.0. The minimum atomic E-state index is -2.00.